The fraction of sp³-hybridized carbons (Fsp3) is 0.333. The van der Waals surface area contributed by atoms with E-state index in [0.717, 1.165) is 8.79 Å². The number of primary amides is 1. The van der Waals surface area contributed by atoms with Gasteiger partial charge in [0.05, 0.1) is 16.0 Å². The molecule has 66 valence electrons. The zero-order valence-corrected chi connectivity index (χ0v) is 8.56. The molecule has 6 heteroatoms. The molecule has 4 N–H and O–H groups in total. The van der Waals surface area contributed by atoms with Crippen LogP contribution in [0.5, 0.6) is 0 Å². The summed E-state index contributed by atoms with van der Waals surface area (Å²) in [5.41, 5.74) is 10.6. The van der Waals surface area contributed by atoms with Gasteiger partial charge in [0.2, 0.25) is 5.91 Å². The van der Waals surface area contributed by atoms with E-state index < -0.39 is 5.91 Å². The number of hydrogen-bond donors (Lipinski definition) is 2. The summed E-state index contributed by atoms with van der Waals surface area (Å²) in [6, 6.07) is -0.376. The summed E-state index contributed by atoms with van der Waals surface area (Å²) >= 11 is 4.66. The van der Waals surface area contributed by atoms with Gasteiger partial charge in [-0.25, -0.2) is 4.98 Å². The van der Waals surface area contributed by atoms with E-state index in [1.165, 1.54) is 11.3 Å². The molecule has 4 nitrogen and oxygen atoms in total. The lowest BCUT2D eigenvalue weighted by atomic mass is 10.2. The van der Waals surface area contributed by atoms with Crippen LogP contribution < -0.4 is 11.5 Å². The van der Waals surface area contributed by atoms with Crippen molar-refractivity contribution in [2.45, 2.75) is 12.5 Å². The topological polar surface area (TPSA) is 82.0 Å². The fourth-order valence-electron chi connectivity index (χ4n) is 0.742. The van der Waals surface area contributed by atoms with E-state index >= 15 is 0 Å². The van der Waals surface area contributed by atoms with E-state index in [2.05, 4.69) is 20.9 Å². The SMILES string of the molecule is NC(=O)C[C@@H](N)c1ncc(Br)s1. The normalized spacial score (nSPS) is 12.8. The maximum Gasteiger partial charge on any atom is 0.219 e. The standard InChI is InChI=1S/C6H8BrN3OS/c7-4-2-10-6(12-4)3(8)1-5(9)11/h2-3H,1,8H2,(H2,9,11)/t3-/m1/s1. The first-order chi connectivity index (χ1) is 5.59. The van der Waals surface area contributed by atoms with Crippen LogP contribution in [0.25, 0.3) is 0 Å². The van der Waals surface area contributed by atoms with Crippen LogP contribution in [0.15, 0.2) is 9.98 Å². The third-order valence-electron chi connectivity index (χ3n) is 1.23. The van der Waals surface area contributed by atoms with Crippen molar-refractivity contribution in [2.75, 3.05) is 0 Å². The minimum absolute atomic E-state index is 0.139. The lowest BCUT2D eigenvalue weighted by Gasteiger charge is -2.03. The van der Waals surface area contributed by atoms with Crippen LogP contribution in [0.1, 0.15) is 17.5 Å². The number of halogens is 1. The van der Waals surface area contributed by atoms with Crippen molar-refractivity contribution < 1.29 is 4.79 Å². The molecule has 0 radical (unpaired) electrons. The molecule has 12 heavy (non-hydrogen) atoms. The number of aromatic nitrogens is 1. The first-order valence-electron chi connectivity index (χ1n) is 3.24. The van der Waals surface area contributed by atoms with Crippen molar-refractivity contribution >= 4 is 33.2 Å². The number of thiazole rings is 1. The van der Waals surface area contributed by atoms with E-state index in [1.807, 2.05) is 0 Å². The predicted molar refractivity (Wildman–Crippen MR) is 50.6 cm³/mol. The second-order valence-electron chi connectivity index (χ2n) is 2.28. The van der Waals surface area contributed by atoms with Crippen LogP contribution in [-0.2, 0) is 4.79 Å². The van der Waals surface area contributed by atoms with E-state index in [9.17, 15) is 4.79 Å². The van der Waals surface area contributed by atoms with E-state index in [0.29, 0.717) is 0 Å². The highest BCUT2D eigenvalue weighted by atomic mass is 79.9. The summed E-state index contributed by atoms with van der Waals surface area (Å²) in [4.78, 5) is 14.5. The number of carbonyl (C=O) groups excluding carboxylic acids is 1. The van der Waals surface area contributed by atoms with Crippen LogP contribution in [0.4, 0.5) is 0 Å². The van der Waals surface area contributed by atoms with Crippen LogP contribution in [0, 0.1) is 0 Å². The Morgan fingerprint density at radius 3 is 2.92 bits per heavy atom. The molecule has 0 aliphatic rings. The average molecular weight is 250 g/mol. The van der Waals surface area contributed by atoms with E-state index in [4.69, 9.17) is 11.5 Å². The van der Waals surface area contributed by atoms with Gasteiger partial charge in [-0.15, -0.1) is 11.3 Å². The fourth-order valence-corrected chi connectivity index (χ4v) is 1.99. The number of nitrogens with zero attached hydrogens (tertiary/aromatic N) is 1. The maximum atomic E-state index is 10.5. The Morgan fingerprint density at radius 2 is 2.50 bits per heavy atom. The van der Waals surface area contributed by atoms with Gasteiger partial charge in [-0.2, -0.15) is 0 Å². The monoisotopic (exact) mass is 249 g/mol. The number of nitrogens with two attached hydrogens (primary N) is 2. The first kappa shape index (κ1) is 9.63. The van der Waals surface area contributed by atoms with Crippen molar-refractivity contribution in [1.82, 2.24) is 4.98 Å². The molecule has 1 heterocycles. The Labute approximate surface area is 82.1 Å². The molecule has 0 saturated carbocycles. The van der Waals surface area contributed by atoms with Crippen molar-refractivity contribution in [2.24, 2.45) is 11.5 Å². The predicted octanol–water partition coefficient (Wildman–Crippen LogP) is 0.781. The van der Waals surface area contributed by atoms with Gasteiger partial charge in [-0.05, 0) is 15.9 Å². The third kappa shape index (κ3) is 2.54. The summed E-state index contributed by atoms with van der Waals surface area (Å²) in [5, 5.41) is 0.723. The van der Waals surface area contributed by atoms with Gasteiger partial charge in [0, 0.05) is 6.42 Å². The molecule has 1 rings (SSSR count). The zero-order valence-electron chi connectivity index (χ0n) is 6.16. The molecule has 1 aromatic heterocycles. The molecule has 0 aromatic carbocycles. The summed E-state index contributed by atoms with van der Waals surface area (Å²) in [5.74, 6) is -0.408. The Hall–Kier alpha value is -0.460. The second kappa shape index (κ2) is 3.97. The molecular weight excluding hydrogens is 242 g/mol. The van der Waals surface area contributed by atoms with Gasteiger partial charge in [0.1, 0.15) is 5.01 Å². The van der Waals surface area contributed by atoms with Crippen molar-refractivity contribution in [3.63, 3.8) is 0 Å². The van der Waals surface area contributed by atoms with Crippen LogP contribution in [0.2, 0.25) is 0 Å². The molecule has 0 unspecified atom stereocenters. The lowest BCUT2D eigenvalue weighted by Crippen LogP contribution is -2.20. The number of rotatable bonds is 3. The Morgan fingerprint density at radius 1 is 1.83 bits per heavy atom. The van der Waals surface area contributed by atoms with E-state index in [1.54, 1.807) is 6.20 Å². The lowest BCUT2D eigenvalue weighted by molar-refractivity contribution is -0.118. The molecule has 0 saturated heterocycles. The minimum Gasteiger partial charge on any atom is -0.370 e. The summed E-state index contributed by atoms with van der Waals surface area (Å²) in [7, 11) is 0. The Balaban J connectivity index is 2.64. The molecular formula is C6H8BrN3OS. The number of amides is 1. The van der Waals surface area contributed by atoms with Crippen LogP contribution in [-0.4, -0.2) is 10.9 Å². The smallest absolute Gasteiger partial charge is 0.219 e. The molecule has 0 aliphatic carbocycles. The van der Waals surface area contributed by atoms with Crippen molar-refractivity contribution in [3.05, 3.63) is 15.0 Å². The molecule has 1 amide bonds. The molecule has 0 spiro atoms. The highest BCUT2D eigenvalue weighted by molar-refractivity contribution is 9.11. The first-order valence-corrected chi connectivity index (χ1v) is 4.85. The molecule has 1 aromatic rings. The van der Waals surface area contributed by atoms with Gasteiger partial charge in [-0.3, -0.25) is 4.79 Å². The number of carbonyl (C=O) groups is 1. The Kier molecular flexibility index (Phi) is 3.19. The molecule has 0 fully saturated rings. The zero-order chi connectivity index (χ0) is 9.14. The minimum atomic E-state index is -0.408. The molecule has 0 aliphatic heterocycles. The van der Waals surface area contributed by atoms with Gasteiger partial charge < -0.3 is 11.5 Å². The second-order valence-corrected chi connectivity index (χ2v) is 4.72. The summed E-state index contributed by atoms with van der Waals surface area (Å²) in [6.07, 6.45) is 1.79. The Bertz CT molecular complexity index is 288. The highest BCUT2D eigenvalue weighted by Crippen LogP contribution is 2.24. The average Bonchev–Trinajstić information content (AvgIpc) is 2.34. The van der Waals surface area contributed by atoms with E-state index in [-0.39, 0.29) is 12.5 Å². The molecule has 1 atom stereocenters. The van der Waals surface area contributed by atoms with Gasteiger partial charge in [0.25, 0.3) is 0 Å². The third-order valence-corrected chi connectivity index (χ3v) is 2.84. The number of hydrogen-bond acceptors (Lipinski definition) is 4. The quantitative estimate of drug-likeness (QED) is 0.831. The summed E-state index contributed by atoms with van der Waals surface area (Å²) in [6.45, 7) is 0. The van der Waals surface area contributed by atoms with Crippen molar-refractivity contribution in [3.8, 4) is 0 Å². The largest absolute Gasteiger partial charge is 0.370 e. The van der Waals surface area contributed by atoms with Gasteiger partial charge in [-0.1, -0.05) is 0 Å². The molecule has 0 bridgehead atoms. The van der Waals surface area contributed by atoms with Crippen molar-refractivity contribution in [1.29, 1.82) is 0 Å². The van der Waals surface area contributed by atoms with Gasteiger partial charge in [0.15, 0.2) is 0 Å². The van der Waals surface area contributed by atoms with Gasteiger partial charge >= 0.3 is 0 Å². The highest BCUT2D eigenvalue weighted by Gasteiger charge is 2.12. The van der Waals surface area contributed by atoms with Crippen LogP contribution in [0.3, 0.4) is 0 Å². The maximum absolute atomic E-state index is 10.5. The van der Waals surface area contributed by atoms with Crippen LogP contribution >= 0.6 is 27.3 Å². The summed E-state index contributed by atoms with van der Waals surface area (Å²) < 4.78 is 0.900.